The van der Waals surface area contributed by atoms with Gasteiger partial charge in [-0.15, -0.1) is 0 Å². The fraction of sp³-hybridized carbons (Fsp3) is 0.250. The summed E-state index contributed by atoms with van der Waals surface area (Å²) < 4.78 is 31.2. The quantitative estimate of drug-likeness (QED) is 0.591. The zero-order valence-corrected chi connectivity index (χ0v) is 15.0. The first-order valence-corrected chi connectivity index (χ1v) is 8.27. The number of hydrogen-bond donors (Lipinski definition) is 1. The SMILES string of the molecule is Cc1ccc(C(=O)CCC(=O)OCC(=O)Nc2cc(F)ccc2F)cc1C. The van der Waals surface area contributed by atoms with Crippen molar-refractivity contribution in [1.82, 2.24) is 0 Å². The molecule has 1 N–H and O–H groups in total. The Hall–Kier alpha value is -3.09. The lowest BCUT2D eigenvalue weighted by atomic mass is 10.0. The van der Waals surface area contributed by atoms with E-state index in [2.05, 4.69) is 5.32 Å². The van der Waals surface area contributed by atoms with E-state index in [4.69, 9.17) is 4.74 Å². The van der Waals surface area contributed by atoms with Crippen molar-refractivity contribution in [3.63, 3.8) is 0 Å². The number of nitrogens with one attached hydrogen (secondary N) is 1. The maximum atomic E-state index is 13.4. The fourth-order valence-corrected chi connectivity index (χ4v) is 2.27. The molecule has 0 saturated carbocycles. The van der Waals surface area contributed by atoms with Crippen LogP contribution in [0, 0.1) is 25.5 Å². The Bertz CT molecular complexity index is 880. The average Bonchev–Trinajstić information content (AvgIpc) is 2.63. The molecule has 0 spiro atoms. The van der Waals surface area contributed by atoms with Gasteiger partial charge in [0.1, 0.15) is 11.6 Å². The number of esters is 1. The number of ether oxygens (including phenoxy) is 1. The number of Topliss-reactive ketones (excluding diaryl/α,β-unsaturated/α-hetero) is 1. The molecule has 0 fully saturated rings. The van der Waals surface area contributed by atoms with Gasteiger partial charge in [-0.2, -0.15) is 0 Å². The standard InChI is InChI=1S/C20H19F2NO4/c1-12-3-4-14(9-13(12)2)18(24)7-8-20(26)27-11-19(25)23-17-10-15(21)5-6-16(17)22/h3-6,9-10H,7-8,11H2,1-2H3,(H,23,25). The molecule has 1 amide bonds. The van der Waals surface area contributed by atoms with Gasteiger partial charge in [-0.25, -0.2) is 8.78 Å². The van der Waals surface area contributed by atoms with Crippen LogP contribution in [-0.4, -0.2) is 24.3 Å². The Kier molecular flexibility index (Phi) is 6.76. The van der Waals surface area contributed by atoms with Crippen molar-refractivity contribution in [2.24, 2.45) is 0 Å². The first-order valence-electron chi connectivity index (χ1n) is 8.27. The van der Waals surface area contributed by atoms with Gasteiger partial charge < -0.3 is 10.1 Å². The normalized spacial score (nSPS) is 10.4. The van der Waals surface area contributed by atoms with Gasteiger partial charge in [0.05, 0.1) is 12.1 Å². The van der Waals surface area contributed by atoms with Gasteiger partial charge in [0.2, 0.25) is 0 Å². The van der Waals surface area contributed by atoms with Crippen LogP contribution in [-0.2, 0) is 14.3 Å². The van der Waals surface area contributed by atoms with Crippen LogP contribution in [0.3, 0.4) is 0 Å². The van der Waals surface area contributed by atoms with Crippen molar-refractivity contribution in [2.75, 3.05) is 11.9 Å². The summed E-state index contributed by atoms with van der Waals surface area (Å²) in [6.45, 7) is 3.16. The van der Waals surface area contributed by atoms with Crippen LogP contribution in [0.25, 0.3) is 0 Å². The van der Waals surface area contributed by atoms with Crippen LogP contribution < -0.4 is 5.32 Å². The van der Waals surface area contributed by atoms with Crippen molar-refractivity contribution in [2.45, 2.75) is 26.7 Å². The molecule has 0 atom stereocenters. The van der Waals surface area contributed by atoms with E-state index in [0.29, 0.717) is 5.56 Å². The van der Waals surface area contributed by atoms with Crippen molar-refractivity contribution < 1.29 is 27.9 Å². The highest BCUT2D eigenvalue weighted by atomic mass is 19.1. The van der Waals surface area contributed by atoms with Gasteiger partial charge in [0.25, 0.3) is 5.91 Å². The van der Waals surface area contributed by atoms with Crippen LogP contribution in [0.2, 0.25) is 0 Å². The van der Waals surface area contributed by atoms with Gasteiger partial charge in [-0.3, -0.25) is 14.4 Å². The highest BCUT2D eigenvalue weighted by molar-refractivity contribution is 5.98. The molecule has 0 bridgehead atoms. The Morgan fingerprint density at radius 1 is 0.963 bits per heavy atom. The summed E-state index contributed by atoms with van der Waals surface area (Å²) in [7, 11) is 0. The monoisotopic (exact) mass is 375 g/mol. The summed E-state index contributed by atoms with van der Waals surface area (Å²) in [4.78, 5) is 35.5. The minimum atomic E-state index is -0.812. The number of anilines is 1. The molecule has 0 aromatic heterocycles. The number of ketones is 1. The Labute approximate surface area is 155 Å². The summed E-state index contributed by atoms with van der Waals surface area (Å²) in [5.74, 6) is -3.28. The first kappa shape index (κ1) is 20.2. The number of carbonyl (C=O) groups is 3. The number of halogens is 2. The highest BCUT2D eigenvalue weighted by Gasteiger charge is 2.14. The molecule has 2 rings (SSSR count). The zero-order chi connectivity index (χ0) is 20.0. The van der Waals surface area contributed by atoms with E-state index in [0.717, 1.165) is 29.3 Å². The molecule has 142 valence electrons. The van der Waals surface area contributed by atoms with Gasteiger partial charge in [-0.1, -0.05) is 12.1 Å². The second-order valence-electron chi connectivity index (χ2n) is 6.06. The minimum absolute atomic E-state index is 0.0541. The molecular weight excluding hydrogens is 356 g/mol. The predicted molar refractivity (Wildman–Crippen MR) is 95.4 cm³/mol. The van der Waals surface area contributed by atoms with Crippen LogP contribution >= 0.6 is 0 Å². The fourth-order valence-electron chi connectivity index (χ4n) is 2.27. The lowest BCUT2D eigenvalue weighted by Gasteiger charge is -2.08. The molecular formula is C20H19F2NO4. The van der Waals surface area contributed by atoms with Crippen molar-refractivity contribution in [1.29, 1.82) is 0 Å². The predicted octanol–water partition coefficient (Wildman–Crippen LogP) is 3.73. The topological polar surface area (TPSA) is 72.5 Å². The number of aryl methyl sites for hydroxylation is 2. The Morgan fingerprint density at radius 3 is 2.41 bits per heavy atom. The molecule has 27 heavy (non-hydrogen) atoms. The second kappa shape index (κ2) is 9.02. The summed E-state index contributed by atoms with van der Waals surface area (Å²) in [6, 6.07) is 7.88. The summed E-state index contributed by atoms with van der Waals surface area (Å²) in [5.41, 5.74) is 2.20. The number of amides is 1. The van der Waals surface area contributed by atoms with Gasteiger partial charge in [0.15, 0.2) is 12.4 Å². The molecule has 0 heterocycles. The van der Waals surface area contributed by atoms with Crippen molar-refractivity contribution in [3.8, 4) is 0 Å². The minimum Gasteiger partial charge on any atom is -0.456 e. The number of benzene rings is 2. The van der Waals surface area contributed by atoms with Gasteiger partial charge in [-0.05, 0) is 43.2 Å². The zero-order valence-electron chi connectivity index (χ0n) is 15.0. The van der Waals surface area contributed by atoms with E-state index < -0.39 is 30.1 Å². The van der Waals surface area contributed by atoms with Crippen LogP contribution in [0.1, 0.15) is 34.3 Å². The van der Waals surface area contributed by atoms with Crippen LogP contribution in [0.15, 0.2) is 36.4 Å². The number of rotatable bonds is 7. The third-order valence-electron chi connectivity index (χ3n) is 3.95. The van der Waals surface area contributed by atoms with E-state index in [1.54, 1.807) is 12.1 Å². The van der Waals surface area contributed by atoms with Crippen molar-refractivity contribution >= 4 is 23.3 Å². The maximum Gasteiger partial charge on any atom is 0.306 e. The van der Waals surface area contributed by atoms with E-state index in [1.165, 1.54) is 0 Å². The lowest BCUT2D eigenvalue weighted by molar-refractivity contribution is -0.147. The third kappa shape index (κ3) is 5.99. The van der Waals surface area contributed by atoms with Crippen molar-refractivity contribution in [3.05, 3.63) is 64.7 Å². The third-order valence-corrected chi connectivity index (χ3v) is 3.95. The molecule has 2 aromatic carbocycles. The van der Waals surface area contributed by atoms with E-state index in [-0.39, 0.29) is 24.3 Å². The summed E-state index contributed by atoms with van der Waals surface area (Å²) in [6.07, 6.45) is -0.241. The smallest absolute Gasteiger partial charge is 0.306 e. The maximum absolute atomic E-state index is 13.4. The largest absolute Gasteiger partial charge is 0.456 e. The Morgan fingerprint density at radius 2 is 1.70 bits per heavy atom. The van der Waals surface area contributed by atoms with Crippen LogP contribution in [0.4, 0.5) is 14.5 Å². The molecule has 5 nitrogen and oxygen atoms in total. The molecule has 2 aromatic rings. The van der Waals surface area contributed by atoms with E-state index in [9.17, 15) is 23.2 Å². The lowest BCUT2D eigenvalue weighted by Crippen LogP contribution is -2.21. The number of hydrogen-bond acceptors (Lipinski definition) is 4. The molecule has 0 unspecified atom stereocenters. The molecule has 0 aliphatic carbocycles. The number of carbonyl (C=O) groups excluding carboxylic acids is 3. The molecule has 0 aliphatic rings. The molecule has 7 heteroatoms. The summed E-state index contributed by atoms with van der Waals surface area (Å²) in [5, 5.41) is 2.11. The molecule has 0 saturated heterocycles. The van der Waals surface area contributed by atoms with E-state index in [1.807, 2.05) is 19.9 Å². The van der Waals surface area contributed by atoms with E-state index >= 15 is 0 Å². The summed E-state index contributed by atoms with van der Waals surface area (Å²) >= 11 is 0. The average molecular weight is 375 g/mol. The molecule has 0 aliphatic heterocycles. The Balaban J connectivity index is 1.78. The van der Waals surface area contributed by atoms with Gasteiger partial charge >= 0.3 is 5.97 Å². The highest BCUT2D eigenvalue weighted by Crippen LogP contribution is 2.15. The first-order chi connectivity index (χ1) is 12.8. The van der Waals surface area contributed by atoms with Gasteiger partial charge in [0, 0.05) is 18.1 Å². The second-order valence-corrected chi connectivity index (χ2v) is 6.06. The molecule has 0 radical (unpaired) electrons. The van der Waals surface area contributed by atoms with Crippen LogP contribution in [0.5, 0.6) is 0 Å².